The molecule has 94 valence electrons. The van der Waals surface area contributed by atoms with Crippen molar-refractivity contribution in [2.75, 3.05) is 25.1 Å². The number of hydrogen-bond donors (Lipinski definition) is 1. The highest BCUT2D eigenvalue weighted by Crippen LogP contribution is 2.23. The van der Waals surface area contributed by atoms with E-state index in [4.69, 9.17) is 21.1 Å². The number of halogens is 1. The summed E-state index contributed by atoms with van der Waals surface area (Å²) in [6, 6.07) is 0.234. The van der Waals surface area contributed by atoms with Gasteiger partial charge in [-0.15, -0.1) is 0 Å². The van der Waals surface area contributed by atoms with E-state index in [9.17, 15) is 0 Å². The summed E-state index contributed by atoms with van der Waals surface area (Å²) in [5.41, 5.74) is -0.159. The zero-order chi connectivity index (χ0) is 12.3. The van der Waals surface area contributed by atoms with E-state index >= 15 is 0 Å². The van der Waals surface area contributed by atoms with Gasteiger partial charge >= 0.3 is 6.01 Å². The second kappa shape index (κ2) is 5.01. The SMILES string of the molecule is CCOc1nc(Cl)nc(NC2(C)CCOC2)n1. The molecule has 1 atom stereocenters. The lowest BCUT2D eigenvalue weighted by atomic mass is 10.0. The molecule has 0 radical (unpaired) electrons. The second-order valence-electron chi connectivity index (χ2n) is 4.13. The Kier molecular flexibility index (Phi) is 3.63. The summed E-state index contributed by atoms with van der Waals surface area (Å²) >= 11 is 5.80. The largest absolute Gasteiger partial charge is 0.464 e. The van der Waals surface area contributed by atoms with Crippen LogP contribution in [0.1, 0.15) is 20.3 Å². The van der Waals surface area contributed by atoms with Gasteiger partial charge in [0, 0.05) is 6.61 Å². The maximum Gasteiger partial charge on any atom is 0.322 e. The molecule has 1 aromatic rings. The van der Waals surface area contributed by atoms with Crippen LogP contribution in [-0.2, 0) is 4.74 Å². The van der Waals surface area contributed by atoms with Gasteiger partial charge in [-0.25, -0.2) is 0 Å². The predicted molar refractivity (Wildman–Crippen MR) is 63.5 cm³/mol. The Balaban J connectivity index is 2.14. The smallest absolute Gasteiger partial charge is 0.322 e. The van der Waals surface area contributed by atoms with Gasteiger partial charge in [0.05, 0.1) is 18.8 Å². The van der Waals surface area contributed by atoms with Crippen molar-refractivity contribution < 1.29 is 9.47 Å². The molecule has 7 heteroatoms. The van der Waals surface area contributed by atoms with Gasteiger partial charge in [0.15, 0.2) is 0 Å². The van der Waals surface area contributed by atoms with E-state index < -0.39 is 0 Å². The first-order valence-corrected chi connectivity index (χ1v) is 5.89. The van der Waals surface area contributed by atoms with Crippen LogP contribution in [0.15, 0.2) is 0 Å². The lowest BCUT2D eigenvalue weighted by Gasteiger charge is -2.23. The van der Waals surface area contributed by atoms with E-state index in [1.165, 1.54) is 0 Å². The minimum absolute atomic E-state index is 0.119. The normalized spacial score (nSPS) is 23.7. The number of hydrogen-bond acceptors (Lipinski definition) is 6. The molecule has 0 aromatic carbocycles. The van der Waals surface area contributed by atoms with Crippen molar-refractivity contribution in [2.45, 2.75) is 25.8 Å². The summed E-state index contributed by atoms with van der Waals surface area (Å²) in [4.78, 5) is 12.0. The van der Waals surface area contributed by atoms with Crippen LogP contribution in [0.25, 0.3) is 0 Å². The quantitative estimate of drug-likeness (QED) is 0.883. The molecule has 0 saturated carbocycles. The zero-order valence-electron chi connectivity index (χ0n) is 9.86. The van der Waals surface area contributed by atoms with E-state index in [-0.39, 0.29) is 16.8 Å². The van der Waals surface area contributed by atoms with Crippen molar-refractivity contribution in [1.82, 2.24) is 15.0 Å². The van der Waals surface area contributed by atoms with Crippen LogP contribution >= 0.6 is 11.6 Å². The highest BCUT2D eigenvalue weighted by atomic mass is 35.5. The third-order valence-corrected chi connectivity index (χ3v) is 2.66. The summed E-state index contributed by atoms with van der Waals surface area (Å²) in [7, 11) is 0. The van der Waals surface area contributed by atoms with E-state index in [2.05, 4.69) is 27.2 Å². The second-order valence-corrected chi connectivity index (χ2v) is 4.47. The van der Waals surface area contributed by atoms with E-state index in [0.29, 0.717) is 19.2 Å². The van der Waals surface area contributed by atoms with Gasteiger partial charge < -0.3 is 14.8 Å². The van der Waals surface area contributed by atoms with Gasteiger partial charge in [0.1, 0.15) is 0 Å². The topological polar surface area (TPSA) is 69.2 Å². The molecular weight excluding hydrogens is 244 g/mol. The summed E-state index contributed by atoms with van der Waals surface area (Å²) in [6.07, 6.45) is 0.903. The van der Waals surface area contributed by atoms with Crippen molar-refractivity contribution in [2.24, 2.45) is 0 Å². The van der Waals surface area contributed by atoms with Crippen LogP contribution in [-0.4, -0.2) is 40.3 Å². The third kappa shape index (κ3) is 3.17. The minimum Gasteiger partial charge on any atom is -0.464 e. The molecule has 6 nitrogen and oxygen atoms in total. The first-order valence-electron chi connectivity index (χ1n) is 5.51. The Morgan fingerprint density at radius 1 is 1.47 bits per heavy atom. The molecule has 1 saturated heterocycles. The monoisotopic (exact) mass is 258 g/mol. The molecule has 1 N–H and O–H groups in total. The van der Waals surface area contributed by atoms with Crippen LogP contribution in [0, 0.1) is 0 Å². The molecule has 1 aliphatic rings. The Bertz CT molecular complexity index is 396. The number of aromatic nitrogens is 3. The molecule has 0 spiro atoms. The Morgan fingerprint density at radius 3 is 2.94 bits per heavy atom. The van der Waals surface area contributed by atoms with Gasteiger partial charge in [0.2, 0.25) is 11.2 Å². The van der Waals surface area contributed by atoms with Crippen LogP contribution in [0.2, 0.25) is 5.28 Å². The Hall–Kier alpha value is -1.14. The fraction of sp³-hybridized carbons (Fsp3) is 0.700. The molecule has 1 fully saturated rings. The molecule has 0 bridgehead atoms. The highest BCUT2D eigenvalue weighted by Gasteiger charge is 2.30. The molecule has 1 unspecified atom stereocenters. The maximum absolute atomic E-state index is 5.80. The highest BCUT2D eigenvalue weighted by molar-refractivity contribution is 6.28. The van der Waals surface area contributed by atoms with Crippen molar-refractivity contribution in [3.05, 3.63) is 5.28 Å². The van der Waals surface area contributed by atoms with E-state index in [1.807, 2.05) is 6.92 Å². The van der Waals surface area contributed by atoms with Crippen molar-refractivity contribution in [3.63, 3.8) is 0 Å². The molecule has 17 heavy (non-hydrogen) atoms. The van der Waals surface area contributed by atoms with Gasteiger partial charge in [0.25, 0.3) is 0 Å². The molecule has 1 aromatic heterocycles. The Morgan fingerprint density at radius 2 is 2.29 bits per heavy atom. The molecular formula is C10H15ClN4O2. The standard InChI is InChI=1S/C10H15ClN4O2/c1-3-17-9-13-7(11)12-8(14-9)15-10(2)4-5-16-6-10/h3-6H2,1-2H3,(H,12,13,14,15). The summed E-state index contributed by atoms with van der Waals surface area (Å²) in [5, 5.41) is 3.32. The molecule has 2 heterocycles. The van der Waals surface area contributed by atoms with Crippen LogP contribution in [0.4, 0.5) is 5.95 Å². The summed E-state index contributed by atoms with van der Waals surface area (Å²) in [6.45, 7) is 5.76. The third-order valence-electron chi connectivity index (χ3n) is 2.49. The van der Waals surface area contributed by atoms with Crippen molar-refractivity contribution >= 4 is 17.5 Å². The number of ether oxygens (including phenoxy) is 2. The fourth-order valence-electron chi connectivity index (χ4n) is 1.62. The molecule has 2 rings (SSSR count). The van der Waals surface area contributed by atoms with Gasteiger partial charge in [-0.3, -0.25) is 0 Å². The van der Waals surface area contributed by atoms with Crippen LogP contribution in [0.3, 0.4) is 0 Å². The number of nitrogens with one attached hydrogen (secondary N) is 1. The van der Waals surface area contributed by atoms with E-state index in [0.717, 1.165) is 13.0 Å². The number of rotatable bonds is 4. The lowest BCUT2D eigenvalue weighted by Crippen LogP contribution is -2.35. The molecule has 0 amide bonds. The number of anilines is 1. The lowest BCUT2D eigenvalue weighted by molar-refractivity contribution is 0.185. The maximum atomic E-state index is 5.80. The minimum atomic E-state index is -0.159. The fourth-order valence-corrected chi connectivity index (χ4v) is 1.77. The van der Waals surface area contributed by atoms with Gasteiger partial charge in [-0.2, -0.15) is 15.0 Å². The predicted octanol–water partition coefficient (Wildman–Crippen LogP) is 1.51. The average Bonchev–Trinajstić information content (AvgIpc) is 2.64. The number of nitrogens with zero attached hydrogens (tertiary/aromatic N) is 3. The molecule has 1 aliphatic heterocycles. The van der Waals surface area contributed by atoms with Crippen LogP contribution < -0.4 is 10.1 Å². The Labute approximate surface area is 105 Å². The van der Waals surface area contributed by atoms with Gasteiger partial charge in [-0.05, 0) is 31.9 Å². The first-order chi connectivity index (χ1) is 8.11. The average molecular weight is 259 g/mol. The zero-order valence-corrected chi connectivity index (χ0v) is 10.6. The van der Waals surface area contributed by atoms with Crippen molar-refractivity contribution in [1.29, 1.82) is 0 Å². The summed E-state index contributed by atoms with van der Waals surface area (Å²) in [5.74, 6) is 0.418. The first kappa shape index (κ1) is 12.3. The van der Waals surface area contributed by atoms with Crippen molar-refractivity contribution in [3.8, 4) is 6.01 Å². The molecule has 0 aliphatic carbocycles. The van der Waals surface area contributed by atoms with Crippen LogP contribution in [0.5, 0.6) is 6.01 Å². The van der Waals surface area contributed by atoms with E-state index in [1.54, 1.807) is 0 Å². The summed E-state index contributed by atoms with van der Waals surface area (Å²) < 4.78 is 10.5. The van der Waals surface area contributed by atoms with Gasteiger partial charge in [-0.1, -0.05) is 0 Å².